The van der Waals surface area contributed by atoms with Crippen molar-refractivity contribution < 1.29 is 23.9 Å². The number of aryl methyl sites for hydroxylation is 1. The maximum atomic E-state index is 14.0. The average molecular weight is 308 g/mol. The molecule has 0 radical (unpaired) electrons. The lowest BCUT2D eigenvalue weighted by molar-refractivity contribution is 0.0664. The van der Waals surface area contributed by atoms with Gasteiger partial charge in [-0.05, 0) is 19.1 Å². The predicted molar refractivity (Wildman–Crippen MR) is 75.7 cm³/mol. The van der Waals surface area contributed by atoms with Crippen LogP contribution < -0.4 is 11.2 Å². The molecular formula is C13H13FN4O4. The summed E-state index contributed by atoms with van der Waals surface area (Å²) in [5.41, 5.74) is 0.831. The number of nitrogens with one attached hydrogen (secondary N) is 2. The number of benzene rings is 1. The van der Waals surface area contributed by atoms with E-state index in [1.165, 1.54) is 18.3 Å². The van der Waals surface area contributed by atoms with Crippen LogP contribution in [0.15, 0.2) is 28.8 Å². The van der Waals surface area contributed by atoms with Crippen molar-refractivity contribution in [3.05, 3.63) is 41.5 Å². The van der Waals surface area contributed by atoms with Gasteiger partial charge in [-0.2, -0.15) is 5.10 Å². The number of rotatable bonds is 3. The Kier molecular flexibility index (Phi) is 4.39. The van der Waals surface area contributed by atoms with Gasteiger partial charge in [-0.25, -0.2) is 15.1 Å². The Balaban J connectivity index is 0.000000847. The van der Waals surface area contributed by atoms with Crippen LogP contribution in [0.4, 0.5) is 15.9 Å². The second-order valence-electron chi connectivity index (χ2n) is 4.25. The fourth-order valence-corrected chi connectivity index (χ4v) is 2.10. The number of nitrogens with two attached hydrogens (primary N) is 1. The molecule has 0 spiro atoms. The fourth-order valence-electron chi connectivity index (χ4n) is 2.10. The van der Waals surface area contributed by atoms with Crippen molar-refractivity contribution in [2.45, 2.75) is 6.92 Å². The second-order valence-corrected chi connectivity index (χ2v) is 4.25. The number of carbonyl (C=O) groups is 1. The Bertz CT molecular complexity index is 798. The number of carboxylic acids is 1. The van der Waals surface area contributed by atoms with Gasteiger partial charge in [0.25, 0.3) is 0 Å². The van der Waals surface area contributed by atoms with Gasteiger partial charge in [0.2, 0.25) is 5.76 Å². The number of H-pyrrole nitrogens is 1. The number of aromatic amines is 1. The van der Waals surface area contributed by atoms with E-state index in [4.69, 9.17) is 14.7 Å². The maximum Gasteiger partial charge on any atom is 0.372 e. The van der Waals surface area contributed by atoms with Crippen molar-refractivity contribution in [1.82, 2.24) is 10.2 Å². The van der Waals surface area contributed by atoms with Gasteiger partial charge < -0.3 is 20.0 Å². The Hall–Kier alpha value is -2.91. The lowest BCUT2D eigenvalue weighted by Crippen LogP contribution is -1.97. The zero-order valence-electron chi connectivity index (χ0n) is 11.4. The van der Waals surface area contributed by atoms with E-state index in [1.54, 1.807) is 13.0 Å². The van der Waals surface area contributed by atoms with Crippen LogP contribution in [0.2, 0.25) is 0 Å². The standard InChI is InChI=1S/C13H10FN3O3.H3NO/c1-6-10-8(20-12(6)13(18)19)3-2-7(14)11(10)16-9-4-5-15-17-9;1-2/h2-5H,1H3,(H,18,19)(H2,15,16,17);2H,1H2. The zero-order chi connectivity index (χ0) is 16.3. The fraction of sp³-hybridized carbons (Fsp3) is 0.0769. The largest absolute Gasteiger partial charge is 0.475 e. The van der Waals surface area contributed by atoms with Gasteiger partial charge >= 0.3 is 5.97 Å². The highest BCUT2D eigenvalue weighted by atomic mass is 19.1. The number of hydrogen-bond acceptors (Lipinski definition) is 6. The van der Waals surface area contributed by atoms with Gasteiger partial charge in [-0.15, -0.1) is 0 Å². The molecule has 116 valence electrons. The van der Waals surface area contributed by atoms with E-state index in [-0.39, 0.29) is 11.4 Å². The summed E-state index contributed by atoms with van der Waals surface area (Å²) in [5.74, 6) is 2.10. The molecule has 3 aromatic rings. The third-order valence-corrected chi connectivity index (χ3v) is 3.00. The molecule has 9 heteroatoms. The molecule has 0 saturated heterocycles. The number of aromatic nitrogens is 2. The van der Waals surface area contributed by atoms with E-state index in [9.17, 15) is 9.18 Å². The quantitative estimate of drug-likeness (QED) is 0.468. The second kappa shape index (κ2) is 6.24. The summed E-state index contributed by atoms with van der Waals surface area (Å²) in [5, 5.41) is 25.2. The molecule has 8 nitrogen and oxygen atoms in total. The van der Waals surface area contributed by atoms with E-state index in [1.807, 2.05) is 0 Å². The highest BCUT2D eigenvalue weighted by Crippen LogP contribution is 2.34. The van der Waals surface area contributed by atoms with Crippen molar-refractivity contribution in [2.24, 2.45) is 5.90 Å². The first-order valence-corrected chi connectivity index (χ1v) is 6.05. The topological polar surface area (TPSA) is 137 Å². The van der Waals surface area contributed by atoms with E-state index < -0.39 is 11.8 Å². The molecule has 0 amide bonds. The van der Waals surface area contributed by atoms with Gasteiger partial charge in [0.15, 0.2) is 0 Å². The summed E-state index contributed by atoms with van der Waals surface area (Å²) in [6.07, 6.45) is 1.52. The van der Waals surface area contributed by atoms with Crippen LogP contribution >= 0.6 is 0 Å². The minimum atomic E-state index is -1.19. The number of anilines is 2. The van der Waals surface area contributed by atoms with E-state index in [2.05, 4.69) is 21.4 Å². The lowest BCUT2D eigenvalue weighted by Gasteiger charge is -2.07. The molecule has 0 fully saturated rings. The maximum absolute atomic E-state index is 14.0. The van der Waals surface area contributed by atoms with Gasteiger partial charge in [-0.1, -0.05) is 0 Å². The van der Waals surface area contributed by atoms with Crippen molar-refractivity contribution in [1.29, 1.82) is 0 Å². The van der Waals surface area contributed by atoms with E-state index >= 15 is 0 Å². The van der Waals surface area contributed by atoms with Crippen molar-refractivity contribution in [3.63, 3.8) is 0 Å². The normalized spacial score (nSPS) is 10.2. The molecule has 0 atom stereocenters. The number of carboxylic acid groups (broad SMARTS) is 1. The molecule has 0 aliphatic carbocycles. The molecule has 22 heavy (non-hydrogen) atoms. The number of fused-ring (bicyclic) bond motifs is 1. The Morgan fingerprint density at radius 1 is 1.41 bits per heavy atom. The first-order valence-electron chi connectivity index (χ1n) is 6.05. The molecule has 0 aliphatic heterocycles. The minimum absolute atomic E-state index is 0.153. The highest BCUT2D eigenvalue weighted by molar-refractivity contribution is 6.01. The number of aromatic carboxylic acids is 1. The first-order chi connectivity index (χ1) is 10.6. The molecule has 3 rings (SSSR count). The smallest absolute Gasteiger partial charge is 0.372 e. The number of furan rings is 1. The van der Waals surface area contributed by atoms with Crippen LogP contribution in [0, 0.1) is 12.7 Å². The van der Waals surface area contributed by atoms with E-state index in [0.717, 1.165) is 0 Å². The summed E-state index contributed by atoms with van der Waals surface area (Å²) in [7, 11) is 0. The number of hydrogen-bond donors (Lipinski definition) is 5. The van der Waals surface area contributed by atoms with Crippen molar-refractivity contribution in [3.8, 4) is 0 Å². The number of nitrogens with zero attached hydrogens (tertiary/aromatic N) is 1. The summed E-state index contributed by atoms with van der Waals surface area (Å²) in [4.78, 5) is 11.1. The molecule has 2 heterocycles. The molecule has 1 aromatic carbocycles. The van der Waals surface area contributed by atoms with Crippen LogP contribution in [-0.2, 0) is 0 Å². The first kappa shape index (κ1) is 15.5. The molecule has 0 aliphatic rings. The zero-order valence-corrected chi connectivity index (χ0v) is 11.4. The van der Waals surface area contributed by atoms with E-state index in [0.29, 0.717) is 22.4 Å². The van der Waals surface area contributed by atoms with Crippen LogP contribution in [0.5, 0.6) is 0 Å². The minimum Gasteiger partial charge on any atom is -0.475 e. The van der Waals surface area contributed by atoms with Crippen LogP contribution in [0.25, 0.3) is 11.0 Å². The van der Waals surface area contributed by atoms with Gasteiger partial charge in [-0.3, -0.25) is 5.10 Å². The van der Waals surface area contributed by atoms with Gasteiger partial charge in [0.1, 0.15) is 17.2 Å². The lowest BCUT2D eigenvalue weighted by atomic mass is 10.1. The molecular weight excluding hydrogens is 295 g/mol. The molecule has 6 N–H and O–H groups in total. The summed E-state index contributed by atoms with van der Waals surface area (Å²) < 4.78 is 19.3. The molecule has 0 unspecified atom stereocenters. The van der Waals surface area contributed by atoms with Crippen LogP contribution in [0.1, 0.15) is 16.1 Å². The summed E-state index contributed by atoms with van der Waals surface area (Å²) in [6.45, 7) is 1.58. The summed E-state index contributed by atoms with van der Waals surface area (Å²) in [6, 6.07) is 4.25. The van der Waals surface area contributed by atoms with Crippen molar-refractivity contribution >= 4 is 28.4 Å². The van der Waals surface area contributed by atoms with Crippen molar-refractivity contribution in [2.75, 3.05) is 5.32 Å². The Morgan fingerprint density at radius 3 is 2.73 bits per heavy atom. The Labute approximate surface area is 123 Å². The highest BCUT2D eigenvalue weighted by Gasteiger charge is 2.21. The predicted octanol–water partition coefficient (Wildman–Crippen LogP) is 2.38. The average Bonchev–Trinajstić information content (AvgIpc) is 3.12. The van der Waals surface area contributed by atoms with Gasteiger partial charge in [0, 0.05) is 11.6 Å². The molecule has 0 saturated carbocycles. The SMILES string of the molecule is Cc1c(C(=O)O)oc2ccc(F)c(Nc3ccn[nH]3)c12.NO. The Morgan fingerprint density at radius 2 is 2.14 bits per heavy atom. The van der Waals surface area contributed by atoms with Gasteiger partial charge in [0.05, 0.1) is 17.3 Å². The number of halogens is 1. The monoisotopic (exact) mass is 308 g/mol. The van der Waals surface area contributed by atoms with Crippen LogP contribution in [-0.4, -0.2) is 26.5 Å². The molecule has 2 aromatic heterocycles. The third-order valence-electron chi connectivity index (χ3n) is 3.00. The summed E-state index contributed by atoms with van der Waals surface area (Å²) >= 11 is 0. The molecule has 0 bridgehead atoms. The third kappa shape index (κ3) is 2.62. The van der Waals surface area contributed by atoms with Crippen LogP contribution in [0.3, 0.4) is 0 Å².